The first-order valence-electron chi connectivity index (χ1n) is 13.5. The van der Waals surface area contributed by atoms with Gasteiger partial charge in [0.1, 0.15) is 0 Å². The average Bonchev–Trinajstić information content (AvgIpc) is 3.74. The summed E-state index contributed by atoms with van der Waals surface area (Å²) in [6.07, 6.45) is 0. The lowest BCUT2D eigenvalue weighted by Crippen LogP contribution is -1.95. The van der Waals surface area contributed by atoms with E-state index < -0.39 is 0 Å². The van der Waals surface area contributed by atoms with Crippen molar-refractivity contribution in [3.8, 4) is 32.5 Å². The lowest BCUT2D eigenvalue weighted by Gasteiger charge is -2.10. The third-order valence-electron chi connectivity index (χ3n) is 7.71. The molecule has 0 bridgehead atoms. The van der Waals surface area contributed by atoms with Crippen molar-refractivity contribution in [2.45, 2.75) is 13.8 Å². The Bertz CT molecular complexity index is 1940. The third kappa shape index (κ3) is 3.75. The van der Waals surface area contributed by atoms with Crippen LogP contribution in [0.5, 0.6) is 0 Å². The summed E-state index contributed by atoms with van der Waals surface area (Å²) in [6, 6.07) is 44.6. The van der Waals surface area contributed by atoms with Gasteiger partial charge in [0.2, 0.25) is 0 Å². The summed E-state index contributed by atoms with van der Waals surface area (Å²) in [5.41, 5.74) is 9.75. The molecular formula is C36H26N2S2. The van der Waals surface area contributed by atoms with E-state index in [0.717, 1.165) is 0 Å². The molecule has 0 atom stereocenters. The van der Waals surface area contributed by atoms with Crippen LogP contribution in [0.2, 0.25) is 0 Å². The topological polar surface area (TPSA) is 9.86 Å². The van der Waals surface area contributed by atoms with Crippen LogP contribution < -0.4 is 0 Å². The summed E-state index contributed by atoms with van der Waals surface area (Å²) >= 11 is 3.72. The molecule has 8 aromatic rings. The van der Waals surface area contributed by atoms with E-state index in [4.69, 9.17) is 0 Å². The smallest absolute Gasteiger partial charge is 0.0725 e. The van der Waals surface area contributed by atoms with Gasteiger partial charge in [0.05, 0.1) is 32.2 Å². The zero-order valence-electron chi connectivity index (χ0n) is 22.3. The van der Waals surface area contributed by atoms with Crippen LogP contribution in [0, 0.1) is 13.8 Å². The Morgan fingerprint density at radius 2 is 0.850 bits per heavy atom. The van der Waals surface area contributed by atoms with Crippen molar-refractivity contribution in [1.29, 1.82) is 0 Å². The van der Waals surface area contributed by atoms with E-state index in [-0.39, 0.29) is 0 Å². The SMILES string of the molecule is Cc1ccc(-n2c(-c3cc4ccccc4s3)cc3c2cc(-c2cc4ccccc4s2)n3-c2ccc(C)cc2)cc1. The monoisotopic (exact) mass is 550 g/mol. The van der Waals surface area contributed by atoms with Crippen LogP contribution in [0.4, 0.5) is 0 Å². The highest BCUT2D eigenvalue weighted by atomic mass is 32.1. The molecular weight excluding hydrogens is 525 g/mol. The van der Waals surface area contributed by atoms with E-state index in [1.165, 1.54) is 74.8 Å². The fourth-order valence-corrected chi connectivity index (χ4v) is 7.81. The highest BCUT2D eigenvalue weighted by Gasteiger charge is 2.22. The molecule has 4 aromatic heterocycles. The molecule has 0 aliphatic carbocycles. The summed E-state index contributed by atoms with van der Waals surface area (Å²) in [4.78, 5) is 2.55. The van der Waals surface area contributed by atoms with E-state index >= 15 is 0 Å². The molecule has 0 saturated carbocycles. The van der Waals surface area contributed by atoms with Crippen molar-refractivity contribution >= 4 is 53.9 Å². The zero-order chi connectivity index (χ0) is 26.8. The first-order valence-corrected chi connectivity index (χ1v) is 15.1. The Hall–Kier alpha value is -4.38. The van der Waals surface area contributed by atoms with Gasteiger partial charge in [-0.15, -0.1) is 22.7 Å². The van der Waals surface area contributed by atoms with Gasteiger partial charge >= 0.3 is 0 Å². The first-order chi connectivity index (χ1) is 19.6. The minimum absolute atomic E-state index is 1.18. The number of aryl methyl sites for hydroxylation is 2. The Kier molecular flexibility index (Phi) is 5.34. The van der Waals surface area contributed by atoms with Crippen molar-refractivity contribution in [3.63, 3.8) is 0 Å². The quantitative estimate of drug-likeness (QED) is 0.206. The average molecular weight is 551 g/mol. The van der Waals surface area contributed by atoms with Gasteiger partial charge < -0.3 is 9.13 Å². The minimum atomic E-state index is 1.18. The second-order valence-electron chi connectivity index (χ2n) is 10.5. The molecule has 4 heteroatoms. The Morgan fingerprint density at radius 1 is 0.450 bits per heavy atom. The first kappa shape index (κ1) is 23.5. The predicted molar refractivity (Wildman–Crippen MR) is 174 cm³/mol. The van der Waals surface area contributed by atoms with Crippen LogP contribution in [0.1, 0.15) is 11.1 Å². The predicted octanol–water partition coefficient (Wildman–Crippen LogP) is 10.8. The van der Waals surface area contributed by atoms with E-state index in [2.05, 4.69) is 144 Å². The molecule has 0 radical (unpaired) electrons. The van der Waals surface area contributed by atoms with Crippen molar-refractivity contribution < 1.29 is 0 Å². The molecule has 4 aromatic carbocycles. The molecule has 0 aliphatic rings. The fraction of sp³-hybridized carbons (Fsp3) is 0.0556. The summed E-state index contributed by atoms with van der Waals surface area (Å²) < 4.78 is 7.51. The molecule has 0 N–H and O–H groups in total. The van der Waals surface area contributed by atoms with Gasteiger partial charge in [0.25, 0.3) is 0 Å². The van der Waals surface area contributed by atoms with E-state index in [1.807, 2.05) is 22.7 Å². The van der Waals surface area contributed by atoms with E-state index in [1.54, 1.807) is 0 Å². The Balaban J connectivity index is 1.46. The molecule has 0 fully saturated rings. The third-order valence-corrected chi connectivity index (χ3v) is 9.99. The normalized spacial score (nSPS) is 11.8. The molecule has 0 aliphatic heterocycles. The Morgan fingerprint density at radius 3 is 1.25 bits per heavy atom. The summed E-state index contributed by atoms with van der Waals surface area (Å²) in [5.74, 6) is 0. The fourth-order valence-electron chi connectivity index (χ4n) is 5.68. The van der Waals surface area contributed by atoms with Crippen LogP contribution in [0.3, 0.4) is 0 Å². The number of nitrogens with zero attached hydrogens (tertiary/aromatic N) is 2. The number of hydrogen-bond acceptors (Lipinski definition) is 2. The van der Waals surface area contributed by atoms with Crippen LogP contribution in [-0.2, 0) is 0 Å². The van der Waals surface area contributed by atoms with Crippen molar-refractivity contribution in [2.75, 3.05) is 0 Å². The highest BCUT2D eigenvalue weighted by molar-refractivity contribution is 7.22. The molecule has 4 heterocycles. The van der Waals surface area contributed by atoms with Crippen LogP contribution in [-0.4, -0.2) is 9.13 Å². The van der Waals surface area contributed by atoms with Crippen molar-refractivity contribution in [1.82, 2.24) is 9.13 Å². The van der Waals surface area contributed by atoms with E-state index in [0.29, 0.717) is 0 Å². The number of hydrogen-bond donors (Lipinski definition) is 0. The van der Waals surface area contributed by atoms with Crippen molar-refractivity contribution in [3.05, 3.63) is 132 Å². The largest absolute Gasteiger partial charge is 0.307 e. The van der Waals surface area contributed by atoms with E-state index in [9.17, 15) is 0 Å². The maximum absolute atomic E-state index is 2.45. The molecule has 2 nitrogen and oxygen atoms in total. The number of rotatable bonds is 4. The number of thiophene rings is 2. The Labute approximate surface area is 241 Å². The van der Waals surface area contributed by atoms with Gasteiger partial charge in [-0.2, -0.15) is 0 Å². The second kappa shape index (κ2) is 9.09. The standard InChI is InChI=1S/C36H26N2S2/c1-23-11-15-27(16-12-23)37-29-21-32(36-20-26-8-4-6-10-34(26)40-36)38(28-17-13-24(2)14-18-28)30(29)22-31(37)35-19-25-7-3-5-9-33(25)39-35/h3-22H,1-2H3. The lowest BCUT2D eigenvalue weighted by molar-refractivity contribution is 1.14. The summed E-state index contributed by atoms with van der Waals surface area (Å²) in [5, 5.41) is 2.58. The molecule has 0 saturated heterocycles. The minimum Gasteiger partial charge on any atom is -0.307 e. The number of benzene rings is 4. The molecule has 0 unspecified atom stereocenters. The second-order valence-corrected chi connectivity index (χ2v) is 12.6. The summed E-state index contributed by atoms with van der Waals surface area (Å²) in [7, 11) is 0. The van der Waals surface area contributed by atoms with Crippen LogP contribution in [0.25, 0.3) is 63.7 Å². The van der Waals surface area contributed by atoms with Gasteiger partial charge in [0.15, 0.2) is 0 Å². The van der Waals surface area contributed by atoms with Gasteiger partial charge in [-0.1, -0.05) is 71.8 Å². The zero-order valence-corrected chi connectivity index (χ0v) is 23.9. The highest BCUT2D eigenvalue weighted by Crippen LogP contribution is 2.43. The molecule has 0 spiro atoms. The molecule has 192 valence electrons. The lowest BCUT2D eigenvalue weighted by atomic mass is 10.2. The maximum Gasteiger partial charge on any atom is 0.0725 e. The number of fused-ring (bicyclic) bond motifs is 3. The summed E-state index contributed by atoms with van der Waals surface area (Å²) in [6.45, 7) is 4.30. The molecule has 0 amide bonds. The molecule has 8 rings (SSSR count). The van der Waals surface area contributed by atoms with Crippen LogP contribution >= 0.6 is 22.7 Å². The van der Waals surface area contributed by atoms with Gasteiger partial charge in [0, 0.05) is 20.8 Å². The number of aromatic nitrogens is 2. The molecule has 40 heavy (non-hydrogen) atoms. The maximum atomic E-state index is 2.45. The van der Waals surface area contributed by atoms with Crippen LogP contribution in [0.15, 0.2) is 121 Å². The van der Waals surface area contributed by atoms with Gasteiger partial charge in [-0.05, 0) is 85.3 Å². The van der Waals surface area contributed by atoms with Gasteiger partial charge in [-0.25, -0.2) is 0 Å². The van der Waals surface area contributed by atoms with Gasteiger partial charge in [-0.3, -0.25) is 0 Å². The van der Waals surface area contributed by atoms with Crippen molar-refractivity contribution in [2.24, 2.45) is 0 Å².